The highest BCUT2D eigenvalue weighted by Crippen LogP contribution is 2.45. The van der Waals surface area contributed by atoms with Crippen molar-refractivity contribution in [2.45, 2.75) is 46.6 Å². The van der Waals surface area contributed by atoms with Crippen molar-refractivity contribution in [3.8, 4) is 0 Å². The summed E-state index contributed by atoms with van der Waals surface area (Å²) in [6.07, 6.45) is 6.86. The molecule has 0 saturated heterocycles. The fraction of sp³-hybridized carbons (Fsp3) is 0.257. The maximum absolute atomic E-state index is 13.8. The number of carbonyl (C=O) groups excluding carboxylic acids is 1. The summed E-state index contributed by atoms with van der Waals surface area (Å²) in [6.45, 7) is 7.50. The van der Waals surface area contributed by atoms with Gasteiger partial charge in [0.05, 0.1) is 5.56 Å². The number of benzene rings is 3. The molecule has 0 aliphatic heterocycles. The fourth-order valence-electron chi connectivity index (χ4n) is 5.83. The average Bonchev–Trinajstić information content (AvgIpc) is 3.51. The number of aromatic nitrogens is 1. The summed E-state index contributed by atoms with van der Waals surface area (Å²) >= 11 is 20.4. The number of halogens is 3. The van der Waals surface area contributed by atoms with Crippen LogP contribution in [0.4, 0.5) is 10.7 Å². The van der Waals surface area contributed by atoms with E-state index in [1.807, 2.05) is 42.6 Å². The quantitative estimate of drug-likeness (QED) is 0.183. The molecule has 8 heteroatoms. The molecule has 2 aromatic heterocycles. The first-order valence-corrected chi connectivity index (χ1v) is 16.3. The van der Waals surface area contributed by atoms with Crippen LogP contribution in [0.5, 0.6) is 0 Å². The summed E-state index contributed by atoms with van der Waals surface area (Å²) in [5.41, 5.74) is 5.75. The molecular formula is C35H32Cl3N3OS. The zero-order valence-corrected chi connectivity index (χ0v) is 27.3. The molecule has 5 aromatic rings. The van der Waals surface area contributed by atoms with Gasteiger partial charge >= 0.3 is 0 Å². The minimum atomic E-state index is -0.138. The number of para-hydroxylation sites is 1. The van der Waals surface area contributed by atoms with Crippen molar-refractivity contribution in [3.05, 3.63) is 115 Å². The SMILES string of the molecule is CC(C)(C)[C@@H]1CCc2c(sc(N=Cc3cn(Cc4ccc(Cl)cc4Cl)c4ccccc34)c2C(=O)Nc2ccc(Cl)cc2)C1. The number of rotatable bonds is 6. The van der Waals surface area contributed by atoms with Gasteiger partial charge in [-0.15, -0.1) is 11.3 Å². The first-order chi connectivity index (χ1) is 20.6. The Balaban J connectivity index is 1.38. The normalized spacial score (nSPS) is 15.3. The molecule has 3 aromatic carbocycles. The topological polar surface area (TPSA) is 46.4 Å². The summed E-state index contributed by atoms with van der Waals surface area (Å²) in [4.78, 5) is 20.0. The summed E-state index contributed by atoms with van der Waals surface area (Å²) < 4.78 is 2.17. The molecule has 43 heavy (non-hydrogen) atoms. The van der Waals surface area contributed by atoms with Gasteiger partial charge < -0.3 is 9.88 Å². The van der Waals surface area contributed by atoms with E-state index in [-0.39, 0.29) is 11.3 Å². The highest BCUT2D eigenvalue weighted by atomic mass is 35.5. The van der Waals surface area contributed by atoms with Crippen LogP contribution in [0, 0.1) is 11.3 Å². The highest BCUT2D eigenvalue weighted by molar-refractivity contribution is 7.16. The van der Waals surface area contributed by atoms with E-state index in [0.29, 0.717) is 38.8 Å². The Labute approximate surface area is 271 Å². The number of nitrogens with zero attached hydrogens (tertiary/aromatic N) is 2. The lowest BCUT2D eigenvalue weighted by molar-refractivity contribution is 0.102. The number of hydrogen-bond donors (Lipinski definition) is 1. The summed E-state index contributed by atoms with van der Waals surface area (Å²) in [5, 5.41) is 6.78. The fourth-order valence-corrected chi connectivity index (χ4v) is 7.70. The molecule has 0 bridgehead atoms. The van der Waals surface area contributed by atoms with Crippen LogP contribution in [0.15, 0.2) is 77.9 Å². The van der Waals surface area contributed by atoms with E-state index in [1.165, 1.54) is 4.88 Å². The van der Waals surface area contributed by atoms with Gasteiger partial charge in [0.2, 0.25) is 0 Å². The Bertz CT molecular complexity index is 1850. The van der Waals surface area contributed by atoms with Crippen molar-refractivity contribution in [2.24, 2.45) is 16.3 Å². The van der Waals surface area contributed by atoms with Gasteiger partial charge in [-0.1, -0.05) is 79.8 Å². The van der Waals surface area contributed by atoms with Crippen molar-refractivity contribution in [1.82, 2.24) is 4.57 Å². The van der Waals surface area contributed by atoms with E-state index in [2.05, 4.69) is 49.0 Å². The third kappa shape index (κ3) is 6.41. The van der Waals surface area contributed by atoms with Crippen LogP contribution in [-0.2, 0) is 19.4 Å². The molecule has 1 amide bonds. The summed E-state index contributed by atoms with van der Waals surface area (Å²) in [5.74, 6) is 0.418. The van der Waals surface area contributed by atoms with Crippen LogP contribution in [0.1, 0.15) is 59.1 Å². The Hall–Kier alpha value is -3.09. The van der Waals surface area contributed by atoms with Crippen LogP contribution in [0.3, 0.4) is 0 Å². The Morgan fingerprint density at radius 2 is 1.79 bits per heavy atom. The third-order valence-electron chi connectivity index (χ3n) is 8.30. The van der Waals surface area contributed by atoms with E-state index in [4.69, 9.17) is 39.8 Å². The third-order valence-corrected chi connectivity index (χ3v) is 10.3. The van der Waals surface area contributed by atoms with Gasteiger partial charge in [-0.05, 0) is 84.2 Å². The number of amides is 1. The molecule has 1 aliphatic rings. The van der Waals surface area contributed by atoms with Crippen LogP contribution in [0.25, 0.3) is 10.9 Å². The number of nitrogens with one attached hydrogen (secondary N) is 1. The van der Waals surface area contributed by atoms with Gasteiger partial charge in [-0.25, -0.2) is 4.99 Å². The molecule has 1 atom stereocenters. The lowest BCUT2D eigenvalue weighted by Crippen LogP contribution is -2.27. The molecule has 6 rings (SSSR count). The van der Waals surface area contributed by atoms with Crippen molar-refractivity contribution >= 4 is 79.9 Å². The van der Waals surface area contributed by atoms with Gasteiger partial charge in [0.15, 0.2) is 0 Å². The lowest BCUT2D eigenvalue weighted by atomic mass is 9.72. The molecule has 0 fully saturated rings. The first-order valence-electron chi connectivity index (χ1n) is 14.3. The Kier molecular flexibility index (Phi) is 8.45. The van der Waals surface area contributed by atoms with E-state index in [9.17, 15) is 4.79 Å². The monoisotopic (exact) mass is 647 g/mol. The van der Waals surface area contributed by atoms with E-state index < -0.39 is 0 Å². The minimum absolute atomic E-state index is 0.138. The second-order valence-electron chi connectivity index (χ2n) is 12.2. The lowest BCUT2D eigenvalue weighted by Gasteiger charge is -2.33. The summed E-state index contributed by atoms with van der Waals surface area (Å²) in [6, 6.07) is 21.0. The minimum Gasteiger partial charge on any atom is -0.342 e. The van der Waals surface area contributed by atoms with Gasteiger partial charge in [-0.2, -0.15) is 0 Å². The Morgan fingerprint density at radius 1 is 1.05 bits per heavy atom. The molecule has 220 valence electrons. The number of thiophene rings is 1. The van der Waals surface area contributed by atoms with Crippen LogP contribution in [-0.4, -0.2) is 16.7 Å². The van der Waals surface area contributed by atoms with E-state index >= 15 is 0 Å². The largest absolute Gasteiger partial charge is 0.342 e. The second kappa shape index (κ2) is 12.1. The molecule has 1 aliphatic carbocycles. The highest BCUT2D eigenvalue weighted by Gasteiger charge is 2.33. The Morgan fingerprint density at radius 3 is 2.53 bits per heavy atom. The number of carbonyl (C=O) groups is 1. The first kappa shape index (κ1) is 30.0. The number of aliphatic imine (C=N–C) groups is 1. The zero-order valence-electron chi connectivity index (χ0n) is 24.3. The van der Waals surface area contributed by atoms with Crippen molar-refractivity contribution in [3.63, 3.8) is 0 Å². The van der Waals surface area contributed by atoms with Gasteiger partial charge in [0.25, 0.3) is 5.91 Å². The smallest absolute Gasteiger partial charge is 0.259 e. The number of anilines is 1. The predicted octanol–water partition coefficient (Wildman–Crippen LogP) is 10.9. The van der Waals surface area contributed by atoms with Gasteiger partial charge in [-0.3, -0.25) is 4.79 Å². The van der Waals surface area contributed by atoms with Crippen molar-refractivity contribution < 1.29 is 4.79 Å². The van der Waals surface area contributed by atoms with Crippen molar-refractivity contribution in [1.29, 1.82) is 0 Å². The summed E-state index contributed by atoms with van der Waals surface area (Å²) in [7, 11) is 0. The molecule has 0 spiro atoms. The average molecular weight is 649 g/mol. The zero-order chi connectivity index (χ0) is 30.3. The van der Waals surface area contributed by atoms with Gasteiger partial charge in [0.1, 0.15) is 5.00 Å². The molecule has 0 saturated carbocycles. The standard InChI is InChI=1S/C35H32Cl3N3OS/c1-35(2,3)23-9-15-28-31(16-23)43-34(32(28)33(42)40-26-13-11-24(36)12-14-26)39-18-22-20-41(30-7-5-4-6-27(22)30)19-21-8-10-25(37)17-29(21)38/h4-8,10-14,17-18,20,23H,9,15-16,19H2,1-3H3,(H,40,42)/t23-/m1/s1. The molecule has 1 N–H and O–H groups in total. The number of hydrogen-bond acceptors (Lipinski definition) is 3. The maximum atomic E-state index is 13.8. The predicted molar refractivity (Wildman–Crippen MR) is 183 cm³/mol. The molecular weight excluding hydrogens is 617 g/mol. The molecule has 0 radical (unpaired) electrons. The van der Waals surface area contributed by atoms with Crippen LogP contribution in [0.2, 0.25) is 15.1 Å². The molecule has 2 heterocycles. The molecule has 4 nitrogen and oxygen atoms in total. The number of fused-ring (bicyclic) bond motifs is 2. The van der Waals surface area contributed by atoms with Crippen LogP contribution >= 0.6 is 46.1 Å². The maximum Gasteiger partial charge on any atom is 0.259 e. The van der Waals surface area contributed by atoms with E-state index in [0.717, 1.165) is 51.9 Å². The van der Waals surface area contributed by atoms with Crippen LogP contribution < -0.4 is 5.32 Å². The second-order valence-corrected chi connectivity index (χ2v) is 14.5. The van der Waals surface area contributed by atoms with Crippen molar-refractivity contribution in [2.75, 3.05) is 5.32 Å². The molecule has 0 unspecified atom stereocenters. The van der Waals surface area contributed by atoms with Gasteiger partial charge in [0, 0.05) is 61.1 Å². The van der Waals surface area contributed by atoms with E-state index in [1.54, 1.807) is 29.5 Å².